The topological polar surface area (TPSA) is 105 Å². The first-order valence-corrected chi connectivity index (χ1v) is 13.2. The summed E-state index contributed by atoms with van der Waals surface area (Å²) in [5.41, 5.74) is 0.975. The van der Waals surface area contributed by atoms with Crippen molar-refractivity contribution in [2.45, 2.75) is 77.2 Å². The maximum absolute atomic E-state index is 12.2. The average molecular weight is 437 g/mol. The van der Waals surface area contributed by atoms with E-state index >= 15 is 0 Å². The van der Waals surface area contributed by atoms with Crippen LogP contribution in [-0.4, -0.2) is 43.9 Å². The molecule has 0 spiro atoms. The fraction of sp³-hybridized carbons (Fsp3) is 0.591. The number of benzene rings is 1. The molecule has 0 aromatic heterocycles. The Labute approximate surface area is 180 Å². The van der Waals surface area contributed by atoms with E-state index in [1.54, 1.807) is 0 Å². The molecule has 0 saturated carbocycles. The third-order valence-electron chi connectivity index (χ3n) is 5.57. The van der Waals surface area contributed by atoms with E-state index in [4.69, 9.17) is 4.43 Å². The van der Waals surface area contributed by atoms with Crippen LogP contribution in [0.5, 0.6) is 0 Å². The lowest BCUT2D eigenvalue weighted by Crippen LogP contribution is -2.44. The first-order valence-electron chi connectivity index (χ1n) is 10.3. The molecule has 0 bridgehead atoms. The number of nitrogens with one attached hydrogen (secondary N) is 2. The van der Waals surface area contributed by atoms with Crippen LogP contribution in [0.2, 0.25) is 18.1 Å². The molecular formula is C22H36N2O5Si. The van der Waals surface area contributed by atoms with Crippen LogP contribution in [0.15, 0.2) is 30.3 Å². The van der Waals surface area contributed by atoms with E-state index in [1.807, 2.05) is 37.3 Å². The molecule has 0 heterocycles. The second-order valence-corrected chi connectivity index (χ2v) is 13.9. The van der Waals surface area contributed by atoms with Crippen LogP contribution in [0, 0.1) is 0 Å². The number of carboxylic acid groups (broad SMARTS) is 1. The standard InChI is InChI=1S/C22H36N2O5Si/c1-16(17-10-8-7-9-11-17)23-19(25)12-13-20(26)24-18(21(27)28)14-15-29-30(5,6)22(2,3)4/h7-11,16,18H,12-15H2,1-6H3,(H,23,25)(H,24,26)(H,27,28)/t16-,18-/m1/s1. The minimum atomic E-state index is -1.98. The third-order valence-corrected chi connectivity index (χ3v) is 10.1. The molecular weight excluding hydrogens is 400 g/mol. The number of hydrogen-bond donors (Lipinski definition) is 3. The van der Waals surface area contributed by atoms with Crippen LogP contribution < -0.4 is 10.6 Å². The van der Waals surface area contributed by atoms with Gasteiger partial charge in [-0.25, -0.2) is 4.79 Å². The van der Waals surface area contributed by atoms with Crippen molar-refractivity contribution in [1.82, 2.24) is 10.6 Å². The van der Waals surface area contributed by atoms with E-state index in [-0.39, 0.29) is 42.9 Å². The summed E-state index contributed by atoms with van der Waals surface area (Å²) in [6.45, 7) is 12.7. The highest BCUT2D eigenvalue weighted by Crippen LogP contribution is 2.36. The van der Waals surface area contributed by atoms with Gasteiger partial charge in [-0.2, -0.15) is 0 Å². The zero-order valence-electron chi connectivity index (χ0n) is 19.0. The van der Waals surface area contributed by atoms with E-state index in [0.717, 1.165) is 5.56 Å². The van der Waals surface area contributed by atoms with Crippen molar-refractivity contribution in [2.24, 2.45) is 0 Å². The number of carbonyl (C=O) groups excluding carboxylic acids is 2. The SMILES string of the molecule is C[C@@H](NC(=O)CCC(=O)N[C@H](CCO[Si](C)(C)C(C)(C)C)C(=O)O)c1ccccc1. The van der Waals surface area contributed by atoms with Gasteiger partial charge in [-0.1, -0.05) is 51.1 Å². The molecule has 8 heteroatoms. The maximum Gasteiger partial charge on any atom is 0.326 e. The van der Waals surface area contributed by atoms with Crippen molar-refractivity contribution in [3.63, 3.8) is 0 Å². The Balaban J connectivity index is 2.44. The number of aliphatic carboxylic acids is 1. The highest BCUT2D eigenvalue weighted by molar-refractivity contribution is 6.74. The van der Waals surface area contributed by atoms with Crippen LogP contribution >= 0.6 is 0 Å². The molecule has 168 valence electrons. The molecule has 0 aliphatic carbocycles. The Hall–Kier alpha value is -2.19. The minimum Gasteiger partial charge on any atom is -0.480 e. The molecule has 2 amide bonds. The first kappa shape index (κ1) is 25.8. The predicted octanol–water partition coefficient (Wildman–Crippen LogP) is 3.63. The summed E-state index contributed by atoms with van der Waals surface area (Å²) in [7, 11) is -1.98. The second kappa shape index (κ2) is 11.3. The van der Waals surface area contributed by atoms with Gasteiger partial charge in [0.1, 0.15) is 6.04 Å². The predicted molar refractivity (Wildman–Crippen MR) is 120 cm³/mol. The lowest BCUT2D eigenvalue weighted by molar-refractivity contribution is -0.142. The summed E-state index contributed by atoms with van der Waals surface area (Å²) in [5, 5.41) is 14.8. The first-order chi connectivity index (χ1) is 13.8. The lowest BCUT2D eigenvalue weighted by Gasteiger charge is -2.36. The van der Waals surface area contributed by atoms with Gasteiger partial charge >= 0.3 is 5.97 Å². The summed E-state index contributed by atoms with van der Waals surface area (Å²) in [5.74, 6) is -1.82. The quantitative estimate of drug-likeness (QED) is 0.460. The normalized spacial score (nSPS) is 13.9. The largest absolute Gasteiger partial charge is 0.480 e. The van der Waals surface area contributed by atoms with Gasteiger partial charge in [-0.15, -0.1) is 0 Å². The summed E-state index contributed by atoms with van der Waals surface area (Å²) >= 11 is 0. The highest BCUT2D eigenvalue weighted by Gasteiger charge is 2.37. The number of rotatable bonds is 11. The molecule has 1 rings (SSSR count). The zero-order valence-corrected chi connectivity index (χ0v) is 20.0. The molecule has 0 fully saturated rings. The van der Waals surface area contributed by atoms with Gasteiger partial charge in [-0.3, -0.25) is 9.59 Å². The Morgan fingerprint density at radius 1 is 1.03 bits per heavy atom. The van der Waals surface area contributed by atoms with E-state index in [9.17, 15) is 19.5 Å². The summed E-state index contributed by atoms with van der Waals surface area (Å²) in [4.78, 5) is 35.7. The van der Waals surface area contributed by atoms with Crippen molar-refractivity contribution in [3.8, 4) is 0 Å². The van der Waals surface area contributed by atoms with Crippen molar-refractivity contribution in [2.75, 3.05) is 6.61 Å². The van der Waals surface area contributed by atoms with E-state index in [2.05, 4.69) is 44.5 Å². The van der Waals surface area contributed by atoms with Gasteiger partial charge in [-0.05, 0) is 30.6 Å². The van der Waals surface area contributed by atoms with Gasteiger partial charge in [0.2, 0.25) is 11.8 Å². The van der Waals surface area contributed by atoms with Gasteiger partial charge in [0.15, 0.2) is 8.32 Å². The number of carboxylic acids is 1. The fourth-order valence-corrected chi connectivity index (χ4v) is 3.60. The zero-order chi connectivity index (χ0) is 22.9. The van der Waals surface area contributed by atoms with Crippen molar-refractivity contribution < 1.29 is 23.9 Å². The lowest BCUT2D eigenvalue weighted by atomic mass is 10.1. The number of carbonyl (C=O) groups is 3. The van der Waals surface area contributed by atoms with Gasteiger partial charge in [0.05, 0.1) is 6.04 Å². The van der Waals surface area contributed by atoms with E-state index in [0.29, 0.717) is 0 Å². The van der Waals surface area contributed by atoms with Crippen molar-refractivity contribution in [1.29, 1.82) is 0 Å². The fourth-order valence-electron chi connectivity index (χ4n) is 2.54. The molecule has 0 aliphatic rings. The molecule has 30 heavy (non-hydrogen) atoms. The Kier molecular flexibility index (Phi) is 9.71. The summed E-state index contributed by atoms with van der Waals surface area (Å²) < 4.78 is 6.00. The summed E-state index contributed by atoms with van der Waals surface area (Å²) in [6, 6.07) is 8.33. The van der Waals surface area contributed by atoms with E-state index in [1.165, 1.54) is 0 Å². The maximum atomic E-state index is 12.2. The molecule has 0 aliphatic heterocycles. The second-order valence-electron chi connectivity index (χ2n) is 9.06. The molecule has 1 aromatic carbocycles. The number of amides is 2. The third kappa shape index (κ3) is 8.67. The van der Waals surface area contributed by atoms with Crippen LogP contribution in [0.25, 0.3) is 0 Å². The molecule has 0 saturated heterocycles. The average Bonchev–Trinajstić information content (AvgIpc) is 2.65. The van der Waals surface area contributed by atoms with Crippen LogP contribution in [0.4, 0.5) is 0 Å². The molecule has 1 aromatic rings. The monoisotopic (exact) mass is 436 g/mol. The summed E-state index contributed by atoms with van der Waals surface area (Å²) in [6.07, 6.45) is 0.112. The van der Waals surface area contributed by atoms with Crippen LogP contribution in [-0.2, 0) is 18.8 Å². The van der Waals surface area contributed by atoms with Gasteiger partial charge < -0.3 is 20.2 Å². The van der Waals surface area contributed by atoms with Gasteiger partial charge in [0, 0.05) is 25.9 Å². The van der Waals surface area contributed by atoms with Gasteiger partial charge in [0.25, 0.3) is 0 Å². The smallest absolute Gasteiger partial charge is 0.326 e. The Morgan fingerprint density at radius 2 is 1.57 bits per heavy atom. The van der Waals surface area contributed by atoms with Crippen molar-refractivity contribution in [3.05, 3.63) is 35.9 Å². The van der Waals surface area contributed by atoms with Crippen LogP contribution in [0.3, 0.4) is 0 Å². The number of hydrogen-bond acceptors (Lipinski definition) is 4. The molecule has 0 unspecified atom stereocenters. The van der Waals surface area contributed by atoms with E-state index < -0.39 is 26.2 Å². The van der Waals surface area contributed by atoms with Crippen molar-refractivity contribution >= 4 is 26.1 Å². The molecule has 2 atom stereocenters. The minimum absolute atomic E-state index is 0.00415. The highest BCUT2D eigenvalue weighted by atomic mass is 28.4. The molecule has 3 N–H and O–H groups in total. The van der Waals surface area contributed by atoms with Crippen LogP contribution in [0.1, 0.15) is 58.6 Å². The molecule has 0 radical (unpaired) electrons. The molecule has 7 nitrogen and oxygen atoms in total. The Morgan fingerprint density at radius 3 is 2.07 bits per heavy atom. The Bertz CT molecular complexity index is 716.